The second kappa shape index (κ2) is 7.32. The first kappa shape index (κ1) is 18.9. The van der Waals surface area contributed by atoms with E-state index in [0.29, 0.717) is 42.6 Å². The molecule has 156 valence electrons. The Kier molecular flexibility index (Phi) is 4.62. The Labute approximate surface area is 174 Å². The number of benzene rings is 1. The fourth-order valence-electron chi connectivity index (χ4n) is 3.85. The molecule has 5 rings (SSSR count). The van der Waals surface area contributed by atoms with E-state index >= 15 is 0 Å². The zero-order valence-corrected chi connectivity index (χ0v) is 16.4. The number of carboxylic acid groups (broad SMARTS) is 1. The fraction of sp³-hybridized carbons (Fsp3) is 0.350. The van der Waals surface area contributed by atoms with Crippen LogP contribution in [0.5, 0.6) is 17.5 Å². The number of rotatable bonds is 4. The third-order valence-electron chi connectivity index (χ3n) is 5.44. The lowest BCUT2D eigenvalue weighted by Gasteiger charge is -2.25. The van der Waals surface area contributed by atoms with Crippen molar-refractivity contribution in [3.8, 4) is 28.8 Å². The summed E-state index contributed by atoms with van der Waals surface area (Å²) in [5, 5.41) is 9.35. The van der Waals surface area contributed by atoms with Gasteiger partial charge in [0.1, 0.15) is 6.10 Å². The summed E-state index contributed by atoms with van der Waals surface area (Å²) in [7, 11) is 0. The first-order valence-electron chi connectivity index (χ1n) is 9.54. The Morgan fingerprint density at radius 2 is 2.03 bits per heavy atom. The van der Waals surface area contributed by atoms with Crippen LogP contribution in [0.1, 0.15) is 25.7 Å². The first-order chi connectivity index (χ1) is 14.5. The van der Waals surface area contributed by atoms with E-state index in [0.717, 1.165) is 0 Å². The van der Waals surface area contributed by atoms with E-state index in [4.69, 9.17) is 30.9 Å². The quantitative estimate of drug-likeness (QED) is 0.635. The third-order valence-corrected chi connectivity index (χ3v) is 5.73. The molecule has 2 aromatic heterocycles. The maximum absolute atomic E-state index is 14.8. The van der Waals surface area contributed by atoms with Crippen LogP contribution in [0.3, 0.4) is 0 Å². The number of aromatic amines is 1. The number of aliphatic carboxylic acids is 1. The summed E-state index contributed by atoms with van der Waals surface area (Å²) in [6.45, 7) is -0.0374. The molecule has 0 radical (unpaired) electrons. The zero-order valence-electron chi connectivity index (χ0n) is 15.7. The Morgan fingerprint density at radius 1 is 1.23 bits per heavy atom. The molecule has 0 spiro atoms. The summed E-state index contributed by atoms with van der Waals surface area (Å²) < 4.78 is 31.1. The van der Waals surface area contributed by atoms with Crippen molar-refractivity contribution in [2.75, 3.05) is 6.79 Å². The number of imidazole rings is 1. The largest absolute Gasteiger partial charge is 0.481 e. The van der Waals surface area contributed by atoms with E-state index in [1.807, 2.05) is 0 Å². The highest BCUT2D eigenvalue weighted by molar-refractivity contribution is 6.33. The number of aromatic nitrogens is 3. The minimum atomic E-state index is -0.765. The maximum atomic E-state index is 14.8. The Bertz CT molecular complexity index is 1140. The minimum absolute atomic E-state index is 0.0356. The van der Waals surface area contributed by atoms with Crippen LogP contribution in [0.25, 0.3) is 22.4 Å². The normalized spacial score (nSPS) is 20.5. The van der Waals surface area contributed by atoms with E-state index in [1.54, 1.807) is 12.1 Å². The van der Waals surface area contributed by atoms with Gasteiger partial charge in [-0.2, -0.15) is 4.98 Å². The maximum Gasteiger partial charge on any atom is 0.306 e. The predicted octanol–water partition coefficient (Wildman–Crippen LogP) is 4.17. The van der Waals surface area contributed by atoms with Gasteiger partial charge in [0.15, 0.2) is 17.2 Å². The number of carboxylic acids is 1. The molecule has 0 unspecified atom stereocenters. The Morgan fingerprint density at radius 3 is 2.80 bits per heavy atom. The molecule has 3 aromatic rings. The molecule has 0 saturated heterocycles. The average Bonchev–Trinajstić information content (AvgIpc) is 3.35. The molecule has 1 aliphatic heterocycles. The molecular formula is C20H17ClFN3O5. The molecule has 8 nitrogen and oxygen atoms in total. The second-order valence-corrected chi connectivity index (χ2v) is 7.73. The Balaban J connectivity index is 1.41. The van der Waals surface area contributed by atoms with Crippen molar-refractivity contribution in [2.45, 2.75) is 31.8 Å². The summed E-state index contributed by atoms with van der Waals surface area (Å²) in [6, 6.07) is 5.03. The molecule has 0 bridgehead atoms. The van der Waals surface area contributed by atoms with Crippen molar-refractivity contribution >= 4 is 28.7 Å². The number of H-pyrrole nitrogens is 1. The van der Waals surface area contributed by atoms with Crippen LogP contribution in [-0.2, 0) is 4.79 Å². The third kappa shape index (κ3) is 3.28. The van der Waals surface area contributed by atoms with Crippen LogP contribution >= 0.6 is 11.6 Å². The van der Waals surface area contributed by atoms with E-state index in [9.17, 15) is 9.18 Å². The molecule has 10 heteroatoms. The zero-order chi connectivity index (χ0) is 20.8. The van der Waals surface area contributed by atoms with Crippen LogP contribution in [0.15, 0.2) is 18.2 Å². The molecule has 1 saturated carbocycles. The average molecular weight is 434 g/mol. The standard InChI is InChI=1S/C20H17ClFN3O5/c21-12-7-13-18(24-16(12)11-5-6-14-17(15(11)22)29-8-28-14)25-20(23-13)30-10-3-1-9(2-4-10)19(26)27/h5-7,9-10H,1-4,8H2,(H,26,27)(H,23,24,25). The second-order valence-electron chi connectivity index (χ2n) is 7.32. The van der Waals surface area contributed by atoms with Crippen molar-refractivity contribution in [3.05, 3.63) is 29.0 Å². The van der Waals surface area contributed by atoms with Gasteiger partial charge < -0.3 is 24.3 Å². The van der Waals surface area contributed by atoms with Crippen molar-refractivity contribution in [1.29, 1.82) is 0 Å². The van der Waals surface area contributed by atoms with Gasteiger partial charge in [0.05, 0.1) is 22.2 Å². The number of hydrogen-bond acceptors (Lipinski definition) is 6. The Hall–Kier alpha value is -3.07. The molecule has 1 aromatic carbocycles. The van der Waals surface area contributed by atoms with Gasteiger partial charge in [0, 0.05) is 5.56 Å². The summed E-state index contributed by atoms with van der Waals surface area (Å²) in [5.41, 5.74) is 1.31. The lowest BCUT2D eigenvalue weighted by atomic mass is 9.87. The number of pyridine rings is 1. The van der Waals surface area contributed by atoms with E-state index in [1.165, 1.54) is 6.07 Å². The number of halogens is 2. The molecule has 0 atom stereocenters. The van der Waals surface area contributed by atoms with Crippen LogP contribution in [0.4, 0.5) is 4.39 Å². The van der Waals surface area contributed by atoms with Gasteiger partial charge in [0.2, 0.25) is 12.5 Å². The summed E-state index contributed by atoms with van der Waals surface area (Å²) in [6.07, 6.45) is 2.28. The highest BCUT2D eigenvalue weighted by atomic mass is 35.5. The van der Waals surface area contributed by atoms with Crippen LogP contribution in [0, 0.1) is 11.7 Å². The molecule has 2 N–H and O–H groups in total. The van der Waals surface area contributed by atoms with Crippen LogP contribution in [0.2, 0.25) is 5.02 Å². The van der Waals surface area contributed by atoms with E-state index in [2.05, 4.69) is 15.0 Å². The summed E-state index contributed by atoms with van der Waals surface area (Å²) in [5.74, 6) is -1.31. The van der Waals surface area contributed by atoms with Crippen LogP contribution < -0.4 is 14.2 Å². The molecule has 0 amide bonds. The molecular weight excluding hydrogens is 417 g/mol. The highest BCUT2D eigenvalue weighted by Gasteiger charge is 2.28. The van der Waals surface area contributed by atoms with Gasteiger partial charge in [-0.05, 0) is 43.9 Å². The lowest BCUT2D eigenvalue weighted by Crippen LogP contribution is -2.28. The van der Waals surface area contributed by atoms with Gasteiger partial charge in [-0.3, -0.25) is 4.79 Å². The van der Waals surface area contributed by atoms with Crippen LogP contribution in [-0.4, -0.2) is 38.9 Å². The predicted molar refractivity (Wildman–Crippen MR) is 104 cm³/mol. The number of carbonyl (C=O) groups is 1. The highest BCUT2D eigenvalue weighted by Crippen LogP contribution is 2.41. The lowest BCUT2D eigenvalue weighted by molar-refractivity contribution is -0.143. The number of nitrogens with one attached hydrogen (secondary N) is 1. The van der Waals surface area contributed by atoms with Crippen molar-refractivity contribution in [2.24, 2.45) is 5.92 Å². The molecule has 1 fully saturated rings. The van der Waals surface area contributed by atoms with E-state index in [-0.39, 0.29) is 46.9 Å². The SMILES string of the molecule is O=C(O)C1CCC(Oc2nc3nc(-c4ccc5c(c4F)OCO5)c(Cl)cc3[nH]2)CC1. The first-order valence-corrected chi connectivity index (χ1v) is 9.91. The van der Waals surface area contributed by atoms with Crippen molar-refractivity contribution in [3.63, 3.8) is 0 Å². The van der Waals surface area contributed by atoms with Gasteiger partial charge in [-0.1, -0.05) is 11.6 Å². The molecule has 3 heterocycles. The number of hydrogen-bond donors (Lipinski definition) is 2. The van der Waals surface area contributed by atoms with Gasteiger partial charge in [0.25, 0.3) is 6.01 Å². The molecule has 1 aliphatic carbocycles. The van der Waals surface area contributed by atoms with Crippen molar-refractivity contribution < 1.29 is 28.5 Å². The smallest absolute Gasteiger partial charge is 0.306 e. The van der Waals surface area contributed by atoms with Gasteiger partial charge >= 0.3 is 5.97 Å². The monoisotopic (exact) mass is 433 g/mol. The summed E-state index contributed by atoms with van der Waals surface area (Å²) in [4.78, 5) is 22.9. The number of fused-ring (bicyclic) bond motifs is 2. The minimum Gasteiger partial charge on any atom is -0.481 e. The number of nitrogens with zero attached hydrogens (tertiary/aromatic N) is 2. The number of ether oxygens (including phenoxy) is 3. The van der Waals surface area contributed by atoms with Gasteiger partial charge in [-0.25, -0.2) is 9.37 Å². The molecule has 30 heavy (non-hydrogen) atoms. The topological polar surface area (TPSA) is 107 Å². The summed E-state index contributed by atoms with van der Waals surface area (Å²) >= 11 is 6.36. The fourth-order valence-corrected chi connectivity index (χ4v) is 4.10. The van der Waals surface area contributed by atoms with Gasteiger partial charge in [-0.15, -0.1) is 0 Å². The molecule has 2 aliphatic rings. The van der Waals surface area contributed by atoms with E-state index < -0.39 is 11.8 Å². The van der Waals surface area contributed by atoms with Crippen molar-refractivity contribution in [1.82, 2.24) is 15.0 Å².